The molecule has 2 aromatic carbocycles. The number of amides is 1. The van der Waals surface area contributed by atoms with Gasteiger partial charge >= 0.3 is 6.61 Å². The molecule has 0 atom stereocenters. The van der Waals surface area contributed by atoms with E-state index in [1.165, 1.54) is 6.07 Å². The van der Waals surface area contributed by atoms with Crippen molar-refractivity contribution in [1.82, 2.24) is 5.32 Å². The van der Waals surface area contributed by atoms with Crippen molar-refractivity contribution in [2.45, 2.75) is 32.9 Å². The van der Waals surface area contributed by atoms with Gasteiger partial charge in [-0.3, -0.25) is 4.79 Å². The van der Waals surface area contributed by atoms with Gasteiger partial charge in [-0.2, -0.15) is 8.78 Å². The van der Waals surface area contributed by atoms with E-state index in [2.05, 4.69) is 10.1 Å². The number of para-hydroxylation sites is 3. The molecule has 0 aliphatic heterocycles. The van der Waals surface area contributed by atoms with Crippen LogP contribution in [0.3, 0.4) is 0 Å². The third-order valence-corrected chi connectivity index (χ3v) is 3.62. The highest BCUT2D eigenvalue weighted by Gasteiger charge is 2.10. The molecule has 0 saturated heterocycles. The molecule has 2 aromatic rings. The van der Waals surface area contributed by atoms with Gasteiger partial charge in [0.15, 0.2) is 11.5 Å². The number of carbonyl (C=O) groups is 1. The summed E-state index contributed by atoms with van der Waals surface area (Å²) in [5.41, 5.74) is 0.494. The fraction of sp³-hybridized carbons (Fsp3) is 0.350. The molecule has 27 heavy (non-hydrogen) atoms. The molecule has 0 fully saturated rings. The van der Waals surface area contributed by atoms with E-state index in [0.29, 0.717) is 36.7 Å². The summed E-state index contributed by atoms with van der Waals surface area (Å²) in [7, 11) is 0. The van der Waals surface area contributed by atoms with E-state index in [1.54, 1.807) is 18.2 Å². The van der Waals surface area contributed by atoms with Crippen LogP contribution in [-0.2, 0) is 11.3 Å². The normalized spacial score (nSPS) is 10.5. The second-order valence-corrected chi connectivity index (χ2v) is 5.59. The number of halogens is 2. The van der Waals surface area contributed by atoms with Crippen molar-refractivity contribution in [2.24, 2.45) is 0 Å². The number of ether oxygens (including phenoxy) is 3. The largest absolute Gasteiger partial charge is 0.490 e. The third kappa shape index (κ3) is 7.13. The van der Waals surface area contributed by atoms with Crippen molar-refractivity contribution < 1.29 is 27.8 Å². The molecule has 146 valence electrons. The average Bonchev–Trinajstić information content (AvgIpc) is 2.65. The number of rotatable bonds is 11. The van der Waals surface area contributed by atoms with Crippen LogP contribution in [0.4, 0.5) is 8.78 Å². The van der Waals surface area contributed by atoms with Crippen LogP contribution in [0.1, 0.15) is 25.3 Å². The van der Waals surface area contributed by atoms with Crippen molar-refractivity contribution in [3.05, 3.63) is 54.1 Å². The lowest BCUT2D eigenvalue weighted by atomic mass is 10.2. The first-order valence-corrected chi connectivity index (χ1v) is 8.74. The topological polar surface area (TPSA) is 56.8 Å². The zero-order valence-corrected chi connectivity index (χ0v) is 15.1. The quantitative estimate of drug-likeness (QED) is 0.596. The van der Waals surface area contributed by atoms with Gasteiger partial charge in [-0.25, -0.2) is 0 Å². The Bertz CT molecular complexity index is 725. The predicted molar refractivity (Wildman–Crippen MR) is 97.3 cm³/mol. The summed E-state index contributed by atoms with van der Waals surface area (Å²) in [5, 5.41) is 2.70. The van der Waals surface area contributed by atoms with Gasteiger partial charge in [0, 0.05) is 18.5 Å². The van der Waals surface area contributed by atoms with E-state index in [-0.39, 0.29) is 24.6 Å². The fourth-order valence-corrected chi connectivity index (χ4v) is 2.40. The second-order valence-electron chi connectivity index (χ2n) is 5.59. The van der Waals surface area contributed by atoms with Crippen LogP contribution in [0.2, 0.25) is 0 Å². The van der Waals surface area contributed by atoms with Gasteiger partial charge in [-0.1, -0.05) is 30.3 Å². The van der Waals surface area contributed by atoms with Crippen LogP contribution in [-0.4, -0.2) is 25.7 Å². The van der Waals surface area contributed by atoms with Gasteiger partial charge in [-0.05, 0) is 31.5 Å². The molecule has 0 bridgehead atoms. The van der Waals surface area contributed by atoms with E-state index in [4.69, 9.17) is 9.47 Å². The van der Waals surface area contributed by atoms with Crippen LogP contribution < -0.4 is 19.5 Å². The van der Waals surface area contributed by atoms with Crippen LogP contribution in [0.25, 0.3) is 0 Å². The zero-order chi connectivity index (χ0) is 19.5. The molecule has 2 rings (SSSR count). The predicted octanol–water partition coefficient (Wildman–Crippen LogP) is 4.16. The van der Waals surface area contributed by atoms with E-state index < -0.39 is 6.61 Å². The van der Waals surface area contributed by atoms with Crippen LogP contribution in [0.15, 0.2) is 48.5 Å². The molecular weight excluding hydrogens is 356 g/mol. The lowest BCUT2D eigenvalue weighted by Crippen LogP contribution is -2.23. The first-order chi connectivity index (χ1) is 13.1. The minimum absolute atomic E-state index is 0.0589. The minimum Gasteiger partial charge on any atom is -0.490 e. The highest BCUT2D eigenvalue weighted by atomic mass is 19.3. The zero-order valence-electron chi connectivity index (χ0n) is 15.1. The molecule has 1 amide bonds. The van der Waals surface area contributed by atoms with Crippen molar-refractivity contribution in [3.63, 3.8) is 0 Å². The first-order valence-electron chi connectivity index (χ1n) is 8.74. The summed E-state index contributed by atoms with van der Waals surface area (Å²) in [6.45, 7) is 0.0160. The van der Waals surface area contributed by atoms with Gasteiger partial charge < -0.3 is 19.5 Å². The lowest BCUT2D eigenvalue weighted by Gasteiger charge is -2.12. The highest BCUT2D eigenvalue weighted by Crippen LogP contribution is 2.26. The smallest absolute Gasteiger partial charge is 0.387 e. The first kappa shape index (κ1) is 20.5. The average molecular weight is 379 g/mol. The Kier molecular flexibility index (Phi) is 8.35. The Hall–Kier alpha value is -2.83. The van der Waals surface area contributed by atoms with Gasteiger partial charge in [0.05, 0.1) is 13.2 Å². The summed E-state index contributed by atoms with van der Waals surface area (Å²) in [5.74, 6) is 1.17. The number of benzene rings is 2. The fourth-order valence-electron chi connectivity index (χ4n) is 2.40. The van der Waals surface area contributed by atoms with E-state index >= 15 is 0 Å². The molecule has 0 aliphatic carbocycles. The Morgan fingerprint density at radius 2 is 1.63 bits per heavy atom. The summed E-state index contributed by atoms with van der Waals surface area (Å²) in [4.78, 5) is 12.0. The van der Waals surface area contributed by atoms with Crippen LogP contribution in [0, 0.1) is 0 Å². The number of nitrogens with one attached hydrogen (secondary N) is 1. The molecule has 0 heterocycles. The van der Waals surface area contributed by atoms with E-state index in [9.17, 15) is 13.6 Å². The maximum absolute atomic E-state index is 12.4. The van der Waals surface area contributed by atoms with Crippen molar-refractivity contribution >= 4 is 5.91 Å². The summed E-state index contributed by atoms with van der Waals surface area (Å²) < 4.78 is 40.3. The number of hydrogen-bond acceptors (Lipinski definition) is 4. The molecule has 0 aliphatic rings. The molecule has 0 unspecified atom stereocenters. The van der Waals surface area contributed by atoms with E-state index in [1.807, 2.05) is 31.2 Å². The summed E-state index contributed by atoms with van der Waals surface area (Å²) in [6, 6.07) is 13.7. The number of hydrogen-bond donors (Lipinski definition) is 1. The molecule has 0 radical (unpaired) electrons. The van der Waals surface area contributed by atoms with Gasteiger partial charge in [-0.15, -0.1) is 0 Å². The van der Waals surface area contributed by atoms with Crippen LogP contribution in [0.5, 0.6) is 17.2 Å². The van der Waals surface area contributed by atoms with Gasteiger partial charge in [0.25, 0.3) is 0 Å². The van der Waals surface area contributed by atoms with E-state index in [0.717, 1.165) is 0 Å². The maximum Gasteiger partial charge on any atom is 0.387 e. The summed E-state index contributed by atoms with van der Waals surface area (Å²) in [6.07, 6.45) is 0.774. The van der Waals surface area contributed by atoms with Gasteiger partial charge in [0.1, 0.15) is 5.75 Å². The molecule has 5 nitrogen and oxygen atoms in total. The second kappa shape index (κ2) is 11.0. The maximum atomic E-state index is 12.4. The molecule has 7 heteroatoms. The molecule has 0 saturated carbocycles. The Balaban J connectivity index is 1.73. The lowest BCUT2D eigenvalue weighted by molar-refractivity contribution is -0.121. The Morgan fingerprint density at radius 3 is 2.30 bits per heavy atom. The molecule has 1 N–H and O–H groups in total. The number of alkyl halides is 2. The van der Waals surface area contributed by atoms with Crippen molar-refractivity contribution in [2.75, 3.05) is 13.2 Å². The molecule has 0 spiro atoms. The van der Waals surface area contributed by atoms with Gasteiger partial charge in [0.2, 0.25) is 5.91 Å². The van der Waals surface area contributed by atoms with Crippen molar-refractivity contribution in [1.29, 1.82) is 0 Å². The SMILES string of the molecule is CCOc1ccccc1OCCCC(=O)NCc1ccccc1OC(F)F. The Morgan fingerprint density at radius 1 is 1.00 bits per heavy atom. The standard InChI is InChI=1S/C20H23F2NO4/c1-2-25-17-10-5-6-11-18(17)26-13-7-12-19(24)23-14-15-8-3-4-9-16(15)27-20(21)22/h3-6,8-11,20H,2,7,12-14H2,1H3,(H,23,24). The van der Waals surface area contributed by atoms with Crippen LogP contribution >= 0.6 is 0 Å². The third-order valence-electron chi connectivity index (χ3n) is 3.62. The minimum atomic E-state index is -2.90. The Labute approximate surface area is 157 Å². The monoisotopic (exact) mass is 379 g/mol. The molecular formula is C20H23F2NO4. The summed E-state index contributed by atoms with van der Waals surface area (Å²) >= 11 is 0. The number of carbonyl (C=O) groups excluding carboxylic acids is 1. The highest BCUT2D eigenvalue weighted by molar-refractivity contribution is 5.75. The van der Waals surface area contributed by atoms with Crippen molar-refractivity contribution in [3.8, 4) is 17.2 Å². The molecule has 0 aromatic heterocycles.